The highest BCUT2D eigenvalue weighted by atomic mass is 79.9. The molecule has 6 nitrogen and oxygen atoms in total. The standard InChI is InChI=1S/C19H17BrN2O4S2/c1-26-15-4-2-3-14(9-15)22-16-10-28(24,25)11-17(16)27-19(22)21-18(23)12-5-7-13(20)8-6-12/h2-9,16-17H,10-11H2,1H3/t16-,17+/m1/s1. The van der Waals surface area contributed by atoms with Crippen LogP contribution < -0.4 is 9.64 Å². The van der Waals surface area contributed by atoms with Crippen LogP contribution in [0.2, 0.25) is 0 Å². The molecule has 2 aliphatic heterocycles. The zero-order valence-electron chi connectivity index (χ0n) is 14.9. The zero-order valence-corrected chi connectivity index (χ0v) is 18.1. The number of fused-ring (bicyclic) bond motifs is 1. The van der Waals surface area contributed by atoms with Crippen molar-refractivity contribution in [2.24, 2.45) is 4.99 Å². The molecule has 28 heavy (non-hydrogen) atoms. The Hall–Kier alpha value is -1.84. The largest absolute Gasteiger partial charge is 0.497 e. The van der Waals surface area contributed by atoms with Gasteiger partial charge in [0.25, 0.3) is 5.91 Å². The monoisotopic (exact) mass is 480 g/mol. The van der Waals surface area contributed by atoms with Crippen LogP contribution in [0.5, 0.6) is 5.75 Å². The molecule has 2 heterocycles. The second-order valence-electron chi connectivity index (χ2n) is 6.58. The van der Waals surface area contributed by atoms with E-state index in [-0.39, 0.29) is 28.7 Å². The van der Waals surface area contributed by atoms with Crippen LogP contribution in [0.3, 0.4) is 0 Å². The van der Waals surface area contributed by atoms with E-state index in [0.717, 1.165) is 10.2 Å². The van der Waals surface area contributed by atoms with Crippen molar-refractivity contribution in [1.82, 2.24) is 0 Å². The number of carbonyl (C=O) groups is 1. The van der Waals surface area contributed by atoms with Crippen LogP contribution in [0.25, 0.3) is 0 Å². The highest BCUT2D eigenvalue weighted by Crippen LogP contribution is 2.41. The van der Waals surface area contributed by atoms with Crippen LogP contribution in [0.15, 0.2) is 58.0 Å². The molecular weight excluding hydrogens is 464 g/mol. The first-order valence-corrected chi connectivity index (χ1v) is 12.0. The lowest BCUT2D eigenvalue weighted by Gasteiger charge is -2.24. The number of rotatable bonds is 3. The molecule has 2 saturated heterocycles. The van der Waals surface area contributed by atoms with Gasteiger partial charge in [-0.2, -0.15) is 4.99 Å². The van der Waals surface area contributed by atoms with Crippen molar-refractivity contribution in [2.75, 3.05) is 23.5 Å². The van der Waals surface area contributed by atoms with Gasteiger partial charge in [0.05, 0.1) is 24.7 Å². The van der Waals surface area contributed by atoms with Gasteiger partial charge in [0.15, 0.2) is 15.0 Å². The van der Waals surface area contributed by atoms with Gasteiger partial charge in [-0.25, -0.2) is 8.42 Å². The number of anilines is 1. The van der Waals surface area contributed by atoms with Gasteiger partial charge in [0.2, 0.25) is 0 Å². The van der Waals surface area contributed by atoms with Crippen LogP contribution in [0.4, 0.5) is 5.69 Å². The number of sulfone groups is 1. The Bertz CT molecular complexity index is 1050. The van der Waals surface area contributed by atoms with Crippen LogP contribution in [-0.2, 0) is 9.84 Å². The molecule has 2 aromatic carbocycles. The maximum absolute atomic E-state index is 12.7. The fraction of sp³-hybridized carbons (Fsp3) is 0.263. The number of hydrogen-bond acceptors (Lipinski definition) is 5. The van der Waals surface area contributed by atoms with Crippen molar-refractivity contribution in [2.45, 2.75) is 11.3 Å². The van der Waals surface area contributed by atoms with Crippen LogP contribution in [-0.4, -0.2) is 49.4 Å². The number of benzene rings is 2. The van der Waals surface area contributed by atoms with E-state index in [1.807, 2.05) is 29.2 Å². The molecule has 4 rings (SSSR count). The van der Waals surface area contributed by atoms with Crippen molar-refractivity contribution in [1.29, 1.82) is 0 Å². The molecule has 2 aliphatic rings. The Morgan fingerprint density at radius 3 is 2.68 bits per heavy atom. The predicted octanol–water partition coefficient (Wildman–Crippen LogP) is 3.37. The maximum atomic E-state index is 12.7. The summed E-state index contributed by atoms with van der Waals surface area (Å²) in [5.41, 5.74) is 1.24. The predicted molar refractivity (Wildman–Crippen MR) is 115 cm³/mol. The third-order valence-electron chi connectivity index (χ3n) is 4.69. The molecule has 0 unspecified atom stereocenters. The SMILES string of the molecule is COc1cccc(N2C(=NC(=O)c3ccc(Br)cc3)S[C@H]3CS(=O)(=O)C[C@H]32)c1. The Labute approximate surface area is 176 Å². The van der Waals surface area contributed by atoms with E-state index < -0.39 is 9.84 Å². The summed E-state index contributed by atoms with van der Waals surface area (Å²) in [6.45, 7) is 0. The normalized spacial score (nSPS) is 24.4. The lowest BCUT2D eigenvalue weighted by Crippen LogP contribution is -2.37. The van der Waals surface area contributed by atoms with Gasteiger partial charge in [0.1, 0.15) is 5.75 Å². The summed E-state index contributed by atoms with van der Waals surface area (Å²) in [6.07, 6.45) is 0. The van der Waals surface area contributed by atoms with Crippen molar-refractivity contribution < 1.29 is 17.9 Å². The van der Waals surface area contributed by atoms with Gasteiger partial charge in [-0.3, -0.25) is 4.79 Å². The molecule has 2 aromatic rings. The number of ether oxygens (including phenoxy) is 1. The maximum Gasteiger partial charge on any atom is 0.279 e. The Morgan fingerprint density at radius 2 is 1.96 bits per heavy atom. The van der Waals surface area contributed by atoms with Gasteiger partial charge in [-0.15, -0.1) is 0 Å². The third kappa shape index (κ3) is 3.83. The van der Waals surface area contributed by atoms with E-state index in [0.29, 0.717) is 16.5 Å². The first-order chi connectivity index (χ1) is 13.4. The number of thioether (sulfide) groups is 1. The highest BCUT2D eigenvalue weighted by Gasteiger charge is 2.49. The first-order valence-electron chi connectivity index (χ1n) is 8.55. The fourth-order valence-corrected chi connectivity index (χ4v) is 7.55. The first kappa shape index (κ1) is 19.5. The molecule has 2 fully saturated rings. The third-order valence-corrected chi connectivity index (χ3v) is 8.42. The zero-order chi connectivity index (χ0) is 19.9. The molecule has 0 bridgehead atoms. The molecule has 0 aliphatic carbocycles. The van der Waals surface area contributed by atoms with E-state index in [1.54, 1.807) is 31.4 Å². The van der Waals surface area contributed by atoms with E-state index >= 15 is 0 Å². The summed E-state index contributed by atoms with van der Waals surface area (Å²) in [7, 11) is -1.53. The number of hydrogen-bond donors (Lipinski definition) is 0. The average molecular weight is 481 g/mol. The molecule has 146 valence electrons. The average Bonchev–Trinajstić information content (AvgIpc) is 3.12. The molecule has 0 N–H and O–H groups in total. The van der Waals surface area contributed by atoms with E-state index in [2.05, 4.69) is 20.9 Å². The molecule has 0 saturated carbocycles. The van der Waals surface area contributed by atoms with E-state index in [1.165, 1.54) is 11.8 Å². The number of aliphatic imine (C=N–C) groups is 1. The van der Waals surface area contributed by atoms with Crippen LogP contribution in [0, 0.1) is 0 Å². The van der Waals surface area contributed by atoms with Crippen LogP contribution >= 0.6 is 27.7 Å². The lowest BCUT2D eigenvalue weighted by atomic mass is 10.2. The quantitative estimate of drug-likeness (QED) is 0.669. The second-order valence-corrected chi connectivity index (χ2v) is 10.9. The second kappa shape index (κ2) is 7.53. The number of carbonyl (C=O) groups excluding carboxylic acids is 1. The highest BCUT2D eigenvalue weighted by molar-refractivity contribution is 9.10. The van der Waals surface area contributed by atoms with Crippen molar-refractivity contribution in [3.63, 3.8) is 0 Å². The fourth-order valence-electron chi connectivity index (χ4n) is 3.37. The van der Waals surface area contributed by atoms with Gasteiger partial charge in [0, 0.05) is 27.0 Å². The van der Waals surface area contributed by atoms with Gasteiger partial charge in [-0.1, -0.05) is 33.8 Å². The smallest absolute Gasteiger partial charge is 0.279 e. The molecule has 0 aromatic heterocycles. The summed E-state index contributed by atoms with van der Waals surface area (Å²) in [5.74, 6) is 0.443. The minimum Gasteiger partial charge on any atom is -0.497 e. The van der Waals surface area contributed by atoms with Crippen molar-refractivity contribution in [3.05, 3.63) is 58.6 Å². The summed E-state index contributed by atoms with van der Waals surface area (Å²) >= 11 is 4.70. The Balaban J connectivity index is 1.72. The summed E-state index contributed by atoms with van der Waals surface area (Å²) in [4.78, 5) is 18.9. The number of nitrogens with zero attached hydrogens (tertiary/aromatic N) is 2. The number of methoxy groups -OCH3 is 1. The van der Waals surface area contributed by atoms with E-state index in [9.17, 15) is 13.2 Å². The molecule has 2 atom stereocenters. The molecule has 0 radical (unpaired) electrons. The Morgan fingerprint density at radius 1 is 1.21 bits per heavy atom. The summed E-state index contributed by atoms with van der Waals surface area (Å²) < 4.78 is 30.5. The van der Waals surface area contributed by atoms with Crippen molar-refractivity contribution in [3.8, 4) is 5.75 Å². The van der Waals surface area contributed by atoms with Gasteiger partial charge >= 0.3 is 0 Å². The molecule has 9 heteroatoms. The number of amides is 1. The Kier molecular flexibility index (Phi) is 5.24. The number of halogens is 1. The summed E-state index contributed by atoms with van der Waals surface area (Å²) in [6, 6.07) is 14.1. The number of amidine groups is 1. The topological polar surface area (TPSA) is 76.0 Å². The molecular formula is C19H17BrN2O4S2. The molecule has 0 spiro atoms. The van der Waals surface area contributed by atoms with Crippen molar-refractivity contribution >= 4 is 54.3 Å². The minimum atomic E-state index is -3.11. The van der Waals surface area contributed by atoms with Gasteiger partial charge in [-0.05, 0) is 36.4 Å². The molecule has 1 amide bonds. The lowest BCUT2D eigenvalue weighted by molar-refractivity contribution is 0.100. The van der Waals surface area contributed by atoms with Crippen LogP contribution in [0.1, 0.15) is 10.4 Å². The summed E-state index contributed by atoms with van der Waals surface area (Å²) in [5, 5.41) is 0.374. The minimum absolute atomic E-state index is 0.0490. The van der Waals surface area contributed by atoms with Gasteiger partial charge < -0.3 is 9.64 Å². The van der Waals surface area contributed by atoms with E-state index in [4.69, 9.17) is 4.74 Å².